The van der Waals surface area contributed by atoms with Crippen LogP contribution in [0.3, 0.4) is 0 Å². The number of aryl methyl sites for hydroxylation is 2. The lowest BCUT2D eigenvalue weighted by Gasteiger charge is -2.29. The van der Waals surface area contributed by atoms with Crippen LogP contribution < -0.4 is 15.0 Å². The fourth-order valence-corrected chi connectivity index (χ4v) is 4.48. The Kier molecular flexibility index (Phi) is 6.71. The Morgan fingerprint density at radius 3 is 2.42 bits per heavy atom. The van der Waals surface area contributed by atoms with E-state index in [4.69, 9.17) is 17.0 Å². The Morgan fingerprint density at radius 2 is 1.81 bits per heavy atom. The van der Waals surface area contributed by atoms with Crippen molar-refractivity contribution >= 4 is 46.6 Å². The van der Waals surface area contributed by atoms with Crippen LogP contribution in [0.25, 0.3) is 11.8 Å². The molecule has 1 N–H and O–H groups in total. The molecule has 2 amide bonds. The second-order valence-corrected chi connectivity index (χ2v) is 8.64. The smallest absolute Gasteiger partial charge is 0.273 e. The first-order valence-electron chi connectivity index (χ1n) is 11.2. The minimum absolute atomic E-state index is 0.0208. The Labute approximate surface area is 213 Å². The van der Waals surface area contributed by atoms with Gasteiger partial charge in [-0.3, -0.25) is 29.9 Å². The minimum Gasteiger partial charge on any atom is -0.494 e. The van der Waals surface area contributed by atoms with E-state index in [1.54, 1.807) is 18.2 Å². The van der Waals surface area contributed by atoms with Crippen molar-refractivity contribution in [3.63, 3.8) is 0 Å². The highest BCUT2D eigenvalue weighted by Crippen LogP contribution is 2.32. The van der Waals surface area contributed by atoms with E-state index in [-0.39, 0.29) is 16.4 Å². The zero-order valence-corrected chi connectivity index (χ0v) is 21.0. The molecule has 0 saturated carbocycles. The van der Waals surface area contributed by atoms with Gasteiger partial charge in [0.25, 0.3) is 17.5 Å². The standard InChI is InChI=1S/C26H24N4O5S/c1-5-17-6-8-19(9-7-17)29-25(32)21(24(31)27-26(29)36)13-18-12-15(2)28(16(18)3)22-11-10-20(30(33)34)14-23(22)35-4/h6-14H,5H2,1-4H3,(H,27,31,36)/b21-13+. The Bertz CT molecular complexity index is 1440. The highest BCUT2D eigenvalue weighted by atomic mass is 32.1. The summed E-state index contributed by atoms with van der Waals surface area (Å²) in [6.45, 7) is 5.72. The number of nitrogens with one attached hydrogen (secondary N) is 1. The number of hydrogen-bond donors (Lipinski definition) is 1. The first-order valence-corrected chi connectivity index (χ1v) is 11.6. The molecule has 184 valence electrons. The molecule has 0 spiro atoms. The number of carbonyl (C=O) groups excluding carboxylic acids is 2. The molecular weight excluding hydrogens is 480 g/mol. The molecular formula is C26H24N4O5S. The SMILES string of the molecule is CCc1ccc(N2C(=O)/C(=C/c3cc(C)n(-c4ccc([N+](=O)[O-])cc4OC)c3C)C(=O)NC2=S)cc1. The fourth-order valence-electron chi connectivity index (χ4n) is 4.20. The van der Waals surface area contributed by atoms with Gasteiger partial charge in [-0.1, -0.05) is 19.1 Å². The summed E-state index contributed by atoms with van der Waals surface area (Å²) in [4.78, 5) is 38.2. The molecule has 0 unspecified atom stereocenters. The Morgan fingerprint density at radius 1 is 1.11 bits per heavy atom. The van der Waals surface area contributed by atoms with Gasteiger partial charge in [0.2, 0.25) is 0 Å². The largest absolute Gasteiger partial charge is 0.494 e. The van der Waals surface area contributed by atoms with Gasteiger partial charge in [-0.2, -0.15) is 0 Å². The summed E-state index contributed by atoms with van der Waals surface area (Å²) in [5.74, 6) is -0.779. The number of amides is 2. The molecule has 36 heavy (non-hydrogen) atoms. The minimum atomic E-state index is -0.579. The molecule has 0 aliphatic carbocycles. The third kappa shape index (κ3) is 4.38. The van der Waals surface area contributed by atoms with Crippen LogP contribution in [0.1, 0.15) is 29.4 Å². The zero-order valence-electron chi connectivity index (χ0n) is 20.2. The lowest BCUT2D eigenvalue weighted by atomic mass is 10.1. The highest BCUT2D eigenvalue weighted by molar-refractivity contribution is 7.80. The van der Waals surface area contributed by atoms with Crippen LogP contribution in [0.2, 0.25) is 0 Å². The van der Waals surface area contributed by atoms with Gasteiger partial charge >= 0.3 is 0 Å². The van der Waals surface area contributed by atoms with E-state index in [1.807, 2.05) is 43.5 Å². The van der Waals surface area contributed by atoms with E-state index in [2.05, 4.69) is 5.32 Å². The van der Waals surface area contributed by atoms with Gasteiger partial charge in [-0.05, 0) is 74.0 Å². The van der Waals surface area contributed by atoms with Gasteiger partial charge in [0.1, 0.15) is 11.3 Å². The molecule has 4 rings (SSSR count). The van der Waals surface area contributed by atoms with Crippen LogP contribution in [0.4, 0.5) is 11.4 Å². The van der Waals surface area contributed by atoms with Crippen LogP contribution in [-0.2, 0) is 16.0 Å². The number of nitro groups is 1. The molecule has 1 aromatic heterocycles. The quantitative estimate of drug-likeness (QED) is 0.175. The summed E-state index contributed by atoms with van der Waals surface area (Å²) in [7, 11) is 1.44. The number of methoxy groups -OCH3 is 1. The number of nitrogens with zero attached hydrogens (tertiary/aromatic N) is 3. The second-order valence-electron chi connectivity index (χ2n) is 8.25. The van der Waals surface area contributed by atoms with Crippen molar-refractivity contribution in [2.45, 2.75) is 27.2 Å². The zero-order chi connectivity index (χ0) is 26.1. The first kappa shape index (κ1) is 24.8. The van der Waals surface area contributed by atoms with Crippen LogP contribution in [0, 0.1) is 24.0 Å². The van der Waals surface area contributed by atoms with Gasteiger partial charge in [0.05, 0.1) is 29.5 Å². The molecule has 0 atom stereocenters. The number of non-ortho nitro benzene ring substituents is 1. The summed E-state index contributed by atoms with van der Waals surface area (Å²) in [5, 5.41) is 13.8. The number of benzene rings is 2. The van der Waals surface area contributed by atoms with Crippen molar-refractivity contribution in [2.75, 3.05) is 12.0 Å². The summed E-state index contributed by atoms with van der Waals surface area (Å²) in [5.41, 5.74) is 4.28. The maximum Gasteiger partial charge on any atom is 0.273 e. The first-order chi connectivity index (χ1) is 17.2. The molecule has 1 aliphatic heterocycles. The number of anilines is 1. The maximum atomic E-state index is 13.4. The number of nitro benzene ring substituents is 1. The van der Waals surface area contributed by atoms with Gasteiger partial charge in [0.15, 0.2) is 5.11 Å². The molecule has 2 heterocycles. The predicted octanol–water partition coefficient (Wildman–Crippen LogP) is 4.40. The normalized spacial score (nSPS) is 14.8. The summed E-state index contributed by atoms with van der Waals surface area (Å²) in [6, 6.07) is 13.6. The number of ether oxygens (including phenoxy) is 1. The van der Waals surface area contributed by atoms with Crippen LogP contribution in [0.15, 0.2) is 54.1 Å². The Hall–Kier alpha value is -4.31. The lowest BCUT2D eigenvalue weighted by Crippen LogP contribution is -2.54. The van der Waals surface area contributed by atoms with Crippen molar-refractivity contribution < 1.29 is 19.2 Å². The molecule has 3 aromatic rings. The van der Waals surface area contributed by atoms with E-state index in [1.165, 1.54) is 30.2 Å². The Balaban J connectivity index is 1.76. The van der Waals surface area contributed by atoms with Crippen LogP contribution in [-0.4, -0.2) is 33.5 Å². The monoisotopic (exact) mass is 504 g/mol. The van der Waals surface area contributed by atoms with Crippen molar-refractivity contribution in [3.8, 4) is 11.4 Å². The highest BCUT2D eigenvalue weighted by Gasteiger charge is 2.34. The average Bonchev–Trinajstić information content (AvgIpc) is 3.13. The van der Waals surface area contributed by atoms with E-state index in [0.29, 0.717) is 22.7 Å². The van der Waals surface area contributed by atoms with E-state index >= 15 is 0 Å². The molecule has 0 radical (unpaired) electrons. The van der Waals surface area contributed by atoms with E-state index < -0.39 is 16.7 Å². The molecule has 9 nitrogen and oxygen atoms in total. The predicted molar refractivity (Wildman–Crippen MR) is 140 cm³/mol. The topological polar surface area (TPSA) is 107 Å². The maximum absolute atomic E-state index is 13.4. The van der Waals surface area contributed by atoms with Gasteiger partial charge < -0.3 is 9.30 Å². The number of aromatic nitrogens is 1. The van der Waals surface area contributed by atoms with Crippen molar-refractivity contribution in [1.82, 2.24) is 9.88 Å². The summed E-state index contributed by atoms with van der Waals surface area (Å²) >= 11 is 5.29. The van der Waals surface area contributed by atoms with E-state index in [9.17, 15) is 19.7 Å². The van der Waals surface area contributed by atoms with Crippen molar-refractivity contribution in [2.24, 2.45) is 0 Å². The van der Waals surface area contributed by atoms with E-state index in [0.717, 1.165) is 23.4 Å². The summed E-state index contributed by atoms with van der Waals surface area (Å²) in [6.07, 6.45) is 2.39. The van der Waals surface area contributed by atoms with Gasteiger partial charge in [0, 0.05) is 17.5 Å². The molecule has 1 aliphatic rings. The third-order valence-electron chi connectivity index (χ3n) is 6.09. The van der Waals surface area contributed by atoms with Crippen LogP contribution >= 0.6 is 12.2 Å². The number of rotatable bonds is 6. The van der Waals surface area contributed by atoms with Crippen molar-refractivity contribution in [3.05, 3.63) is 86.7 Å². The van der Waals surface area contributed by atoms with Crippen LogP contribution in [0.5, 0.6) is 5.75 Å². The van der Waals surface area contributed by atoms with Gasteiger partial charge in [-0.25, -0.2) is 0 Å². The summed E-state index contributed by atoms with van der Waals surface area (Å²) < 4.78 is 7.26. The molecule has 1 fully saturated rings. The third-order valence-corrected chi connectivity index (χ3v) is 6.37. The lowest BCUT2D eigenvalue weighted by molar-refractivity contribution is -0.384. The van der Waals surface area contributed by atoms with Crippen molar-refractivity contribution in [1.29, 1.82) is 0 Å². The fraction of sp³-hybridized carbons (Fsp3) is 0.192. The number of hydrogen-bond acceptors (Lipinski definition) is 6. The average molecular weight is 505 g/mol. The molecule has 2 aromatic carbocycles. The number of thiocarbonyl (C=S) groups is 1. The van der Waals surface area contributed by atoms with Gasteiger partial charge in [-0.15, -0.1) is 0 Å². The molecule has 10 heteroatoms. The number of carbonyl (C=O) groups is 2. The molecule has 0 bridgehead atoms. The second kappa shape index (κ2) is 9.74. The molecule has 1 saturated heterocycles.